The van der Waals surface area contributed by atoms with Gasteiger partial charge in [-0.15, -0.1) is 11.3 Å². The zero-order valence-corrected chi connectivity index (χ0v) is 12.4. The Morgan fingerprint density at radius 2 is 2.21 bits per heavy atom. The van der Waals surface area contributed by atoms with Gasteiger partial charge < -0.3 is 10.6 Å². The van der Waals surface area contributed by atoms with E-state index in [1.165, 1.54) is 24.2 Å². The molecule has 1 heterocycles. The SMILES string of the molecule is CC(C)C(=O)c1sc(N(C)CC2CC2)c(C#N)c1N. The topological polar surface area (TPSA) is 70.1 Å². The van der Waals surface area contributed by atoms with Crippen LogP contribution in [0, 0.1) is 23.2 Å². The smallest absolute Gasteiger partial charge is 0.177 e. The molecule has 1 aliphatic carbocycles. The van der Waals surface area contributed by atoms with Crippen LogP contribution < -0.4 is 10.6 Å². The molecule has 1 aromatic rings. The van der Waals surface area contributed by atoms with Crippen molar-refractivity contribution in [2.24, 2.45) is 11.8 Å². The summed E-state index contributed by atoms with van der Waals surface area (Å²) in [6.45, 7) is 4.63. The Bertz CT molecular complexity index is 538. The van der Waals surface area contributed by atoms with E-state index in [9.17, 15) is 10.1 Å². The van der Waals surface area contributed by atoms with Crippen molar-refractivity contribution in [3.63, 3.8) is 0 Å². The van der Waals surface area contributed by atoms with Crippen molar-refractivity contribution in [3.05, 3.63) is 10.4 Å². The fourth-order valence-electron chi connectivity index (χ4n) is 2.02. The predicted molar refractivity (Wildman–Crippen MR) is 78.6 cm³/mol. The highest BCUT2D eigenvalue weighted by Crippen LogP contribution is 2.40. The third-order valence-electron chi connectivity index (χ3n) is 3.36. The van der Waals surface area contributed by atoms with Gasteiger partial charge >= 0.3 is 0 Å². The summed E-state index contributed by atoms with van der Waals surface area (Å²) in [6, 6.07) is 2.14. The molecule has 0 saturated heterocycles. The molecule has 1 fully saturated rings. The maximum Gasteiger partial charge on any atom is 0.177 e. The molecule has 102 valence electrons. The normalized spacial score (nSPS) is 14.5. The Hall–Kier alpha value is -1.54. The first kappa shape index (κ1) is 13.9. The molecule has 2 rings (SSSR count). The number of anilines is 2. The van der Waals surface area contributed by atoms with Crippen LogP contribution in [0.1, 0.15) is 41.9 Å². The zero-order valence-electron chi connectivity index (χ0n) is 11.6. The molecular formula is C14H19N3OS. The van der Waals surface area contributed by atoms with Crippen LogP contribution in [0.3, 0.4) is 0 Å². The first-order valence-corrected chi connectivity index (χ1v) is 7.35. The second-order valence-corrected chi connectivity index (χ2v) is 6.48. The molecule has 4 nitrogen and oxygen atoms in total. The molecule has 1 saturated carbocycles. The van der Waals surface area contributed by atoms with Crippen molar-refractivity contribution in [2.75, 3.05) is 24.2 Å². The predicted octanol–water partition coefficient (Wildman–Crippen LogP) is 2.89. The minimum Gasteiger partial charge on any atom is -0.396 e. The maximum atomic E-state index is 12.1. The first-order chi connectivity index (χ1) is 8.95. The van der Waals surface area contributed by atoms with Gasteiger partial charge in [0.1, 0.15) is 16.6 Å². The van der Waals surface area contributed by atoms with Gasteiger partial charge in [-0.25, -0.2) is 0 Å². The number of carbonyl (C=O) groups is 1. The zero-order chi connectivity index (χ0) is 14.2. The second-order valence-electron chi connectivity index (χ2n) is 5.48. The van der Waals surface area contributed by atoms with Crippen LogP contribution in [0.5, 0.6) is 0 Å². The molecule has 0 aromatic carbocycles. The van der Waals surface area contributed by atoms with Gasteiger partial charge in [-0.05, 0) is 18.8 Å². The Kier molecular flexibility index (Phi) is 3.81. The monoisotopic (exact) mass is 277 g/mol. The lowest BCUT2D eigenvalue weighted by atomic mass is 10.1. The van der Waals surface area contributed by atoms with Crippen molar-refractivity contribution < 1.29 is 4.79 Å². The number of nitrogens with two attached hydrogens (primary N) is 1. The summed E-state index contributed by atoms with van der Waals surface area (Å²) in [5, 5.41) is 10.1. The average Bonchev–Trinajstić information content (AvgIpc) is 3.10. The van der Waals surface area contributed by atoms with E-state index in [0.717, 1.165) is 17.5 Å². The van der Waals surface area contributed by atoms with Gasteiger partial charge in [-0.1, -0.05) is 13.8 Å². The summed E-state index contributed by atoms with van der Waals surface area (Å²) in [4.78, 5) is 14.7. The molecule has 0 bridgehead atoms. The number of thiophene rings is 1. The minimum absolute atomic E-state index is 0.0186. The number of nitrogens with zero attached hydrogens (tertiary/aromatic N) is 2. The first-order valence-electron chi connectivity index (χ1n) is 6.53. The van der Waals surface area contributed by atoms with Crippen LogP contribution in [0.15, 0.2) is 0 Å². The third-order valence-corrected chi connectivity index (χ3v) is 4.70. The van der Waals surface area contributed by atoms with Gasteiger partial charge in [0, 0.05) is 19.5 Å². The van der Waals surface area contributed by atoms with Crippen LogP contribution >= 0.6 is 11.3 Å². The quantitative estimate of drug-likeness (QED) is 0.840. The summed E-state index contributed by atoms with van der Waals surface area (Å²) in [5.41, 5.74) is 6.78. The van der Waals surface area contributed by atoms with E-state index in [-0.39, 0.29) is 11.7 Å². The molecule has 0 spiro atoms. The number of hydrogen-bond donors (Lipinski definition) is 1. The van der Waals surface area contributed by atoms with Gasteiger partial charge in [-0.3, -0.25) is 4.79 Å². The fraction of sp³-hybridized carbons (Fsp3) is 0.571. The van der Waals surface area contributed by atoms with Gasteiger partial charge in [0.25, 0.3) is 0 Å². The van der Waals surface area contributed by atoms with Crippen LogP contribution in [-0.4, -0.2) is 19.4 Å². The van der Waals surface area contributed by atoms with Crippen molar-refractivity contribution in [2.45, 2.75) is 26.7 Å². The Morgan fingerprint density at radius 1 is 1.58 bits per heavy atom. The number of Topliss-reactive ketones (excluding diaryl/α,β-unsaturated/α-hetero) is 1. The molecule has 0 amide bonds. The lowest BCUT2D eigenvalue weighted by molar-refractivity contribution is 0.0944. The molecule has 1 aliphatic rings. The number of ketones is 1. The van der Waals surface area contributed by atoms with E-state index in [1.54, 1.807) is 0 Å². The Labute approximate surface area is 117 Å². The minimum atomic E-state index is -0.103. The summed E-state index contributed by atoms with van der Waals surface area (Å²) in [6.07, 6.45) is 2.51. The molecule has 0 aliphatic heterocycles. The molecule has 1 aromatic heterocycles. The van der Waals surface area contributed by atoms with E-state index in [1.807, 2.05) is 20.9 Å². The third kappa shape index (κ3) is 2.74. The molecular weight excluding hydrogens is 258 g/mol. The summed E-state index contributed by atoms with van der Waals surface area (Å²) >= 11 is 1.35. The molecule has 19 heavy (non-hydrogen) atoms. The van der Waals surface area contributed by atoms with Crippen LogP contribution in [-0.2, 0) is 0 Å². The Balaban J connectivity index is 2.35. The Morgan fingerprint density at radius 3 is 2.68 bits per heavy atom. The van der Waals surface area contributed by atoms with Crippen LogP contribution in [0.2, 0.25) is 0 Å². The van der Waals surface area contributed by atoms with E-state index in [0.29, 0.717) is 16.1 Å². The van der Waals surface area contributed by atoms with E-state index >= 15 is 0 Å². The number of nitrogen functional groups attached to an aromatic ring is 1. The highest BCUT2D eigenvalue weighted by Gasteiger charge is 2.28. The molecule has 2 N–H and O–H groups in total. The molecule has 0 atom stereocenters. The highest BCUT2D eigenvalue weighted by molar-refractivity contribution is 7.19. The van der Waals surface area contributed by atoms with Crippen molar-refractivity contribution in [1.82, 2.24) is 0 Å². The highest BCUT2D eigenvalue weighted by atomic mass is 32.1. The van der Waals surface area contributed by atoms with Crippen molar-refractivity contribution >= 4 is 27.8 Å². The van der Waals surface area contributed by atoms with E-state index in [2.05, 4.69) is 11.0 Å². The van der Waals surface area contributed by atoms with E-state index in [4.69, 9.17) is 5.73 Å². The van der Waals surface area contributed by atoms with Gasteiger partial charge in [0.15, 0.2) is 5.78 Å². The van der Waals surface area contributed by atoms with Crippen molar-refractivity contribution in [1.29, 1.82) is 5.26 Å². The molecule has 0 radical (unpaired) electrons. The summed E-state index contributed by atoms with van der Waals surface area (Å²) < 4.78 is 0. The fourth-order valence-corrected chi connectivity index (χ4v) is 3.25. The van der Waals surface area contributed by atoms with Crippen LogP contribution in [0.25, 0.3) is 0 Å². The summed E-state index contributed by atoms with van der Waals surface area (Å²) in [5.74, 6) is 0.642. The lowest BCUT2D eigenvalue weighted by Gasteiger charge is -2.16. The average molecular weight is 277 g/mol. The largest absolute Gasteiger partial charge is 0.396 e. The standard InChI is InChI=1S/C14H19N3OS/c1-8(2)12(18)13-11(16)10(6-15)14(19-13)17(3)7-9-4-5-9/h8-9H,4-5,7,16H2,1-3H3. The number of carbonyl (C=O) groups excluding carboxylic acids is 1. The van der Waals surface area contributed by atoms with Gasteiger partial charge in [0.2, 0.25) is 0 Å². The van der Waals surface area contributed by atoms with Crippen LogP contribution in [0.4, 0.5) is 10.7 Å². The lowest BCUT2D eigenvalue weighted by Crippen LogP contribution is -2.19. The molecule has 0 unspecified atom stereocenters. The van der Waals surface area contributed by atoms with Crippen molar-refractivity contribution in [3.8, 4) is 6.07 Å². The summed E-state index contributed by atoms with van der Waals surface area (Å²) in [7, 11) is 1.97. The number of rotatable bonds is 5. The van der Waals surface area contributed by atoms with E-state index < -0.39 is 0 Å². The van der Waals surface area contributed by atoms with Gasteiger partial charge in [0.05, 0.1) is 10.6 Å². The second kappa shape index (κ2) is 5.22. The number of hydrogen-bond acceptors (Lipinski definition) is 5. The number of nitriles is 1. The maximum absolute atomic E-state index is 12.1. The van der Waals surface area contributed by atoms with Gasteiger partial charge in [-0.2, -0.15) is 5.26 Å². The molecule has 5 heteroatoms.